The van der Waals surface area contributed by atoms with E-state index in [0.717, 1.165) is 73.2 Å². The summed E-state index contributed by atoms with van der Waals surface area (Å²) in [5.74, 6) is -0.988. The predicted molar refractivity (Wildman–Crippen MR) is 158 cm³/mol. The molecule has 4 fully saturated rings. The van der Waals surface area contributed by atoms with Crippen molar-refractivity contribution in [3.63, 3.8) is 0 Å². The van der Waals surface area contributed by atoms with Gasteiger partial charge >= 0.3 is 0 Å². The van der Waals surface area contributed by atoms with E-state index < -0.39 is 11.9 Å². The second-order valence-electron chi connectivity index (χ2n) is 13.6. The number of halogens is 1. The normalized spacial score (nSPS) is 26.8. The minimum absolute atomic E-state index is 0.0918. The predicted octanol–water partition coefficient (Wildman–Crippen LogP) is 4.04. The lowest BCUT2D eigenvalue weighted by Gasteiger charge is -2.57. The highest BCUT2D eigenvalue weighted by Gasteiger charge is 2.48. The molecule has 0 saturated carbocycles. The van der Waals surface area contributed by atoms with Crippen molar-refractivity contribution >= 4 is 29.2 Å². The monoisotopic (exact) mass is 584 g/mol. The molecule has 2 aromatic carbocycles. The van der Waals surface area contributed by atoms with Crippen LogP contribution in [0.25, 0.3) is 5.57 Å². The van der Waals surface area contributed by atoms with E-state index in [1.165, 1.54) is 12.1 Å². The van der Waals surface area contributed by atoms with Crippen LogP contribution in [0.5, 0.6) is 0 Å². The fraction of sp³-hybridized carbons (Fsp3) is 0.471. The molecule has 9 heteroatoms. The maximum atomic E-state index is 14.0. The molecule has 0 spiro atoms. The van der Waals surface area contributed by atoms with Gasteiger partial charge in [-0.15, -0.1) is 0 Å². The number of nitrogens with zero attached hydrogens (tertiary/aromatic N) is 3. The van der Waals surface area contributed by atoms with E-state index in [9.17, 15) is 23.6 Å². The zero-order valence-electron chi connectivity index (χ0n) is 24.7. The maximum Gasteiger partial charge on any atom is 0.255 e. The summed E-state index contributed by atoms with van der Waals surface area (Å²) in [4.78, 5) is 57.0. The number of benzene rings is 2. The quantitative estimate of drug-likeness (QED) is 0.536. The molecule has 8 rings (SSSR count). The maximum absolute atomic E-state index is 14.0. The average molecular weight is 585 g/mol. The Bertz CT molecular complexity index is 1550. The average Bonchev–Trinajstić information content (AvgIpc) is 3.28. The van der Waals surface area contributed by atoms with Crippen molar-refractivity contribution in [1.82, 2.24) is 20.0 Å². The van der Waals surface area contributed by atoms with E-state index in [0.29, 0.717) is 18.5 Å². The molecular formula is C34H37FN4O4. The topological polar surface area (TPSA) is 90.0 Å². The molecule has 1 aliphatic carbocycles. The van der Waals surface area contributed by atoms with Crippen LogP contribution in [0.2, 0.25) is 0 Å². The van der Waals surface area contributed by atoms with Gasteiger partial charge in [0.15, 0.2) is 0 Å². The Morgan fingerprint density at radius 2 is 1.77 bits per heavy atom. The van der Waals surface area contributed by atoms with Gasteiger partial charge < -0.3 is 9.80 Å². The van der Waals surface area contributed by atoms with Crippen LogP contribution >= 0.6 is 0 Å². The molecular weight excluding hydrogens is 547 g/mol. The number of piperazine rings is 1. The largest absolute Gasteiger partial charge is 0.330 e. The van der Waals surface area contributed by atoms with E-state index in [4.69, 9.17) is 0 Å². The summed E-state index contributed by atoms with van der Waals surface area (Å²) in [7, 11) is 0. The highest BCUT2D eigenvalue weighted by Crippen LogP contribution is 2.45. The van der Waals surface area contributed by atoms with E-state index >= 15 is 0 Å². The third-order valence-electron chi connectivity index (χ3n) is 10.0. The first kappa shape index (κ1) is 28.0. The number of nitrogens with one attached hydrogen (secondary N) is 1. The molecule has 224 valence electrons. The molecule has 5 aliphatic heterocycles. The van der Waals surface area contributed by atoms with Crippen molar-refractivity contribution in [2.75, 3.05) is 13.1 Å². The number of fused-ring (bicyclic) bond motifs is 3. The van der Waals surface area contributed by atoms with Gasteiger partial charge in [-0.3, -0.25) is 29.4 Å². The van der Waals surface area contributed by atoms with Crippen LogP contribution in [0, 0.1) is 11.2 Å². The Balaban J connectivity index is 1.03. The molecule has 3 unspecified atom stereocenters. The van der Waals surface area contributed by atoms with Gasteiger partial charge in [0.25, 0.3) is 11.8 Å². The number of imide groups is 1. The fourth-order valence-electron chi connectivity index (χ4n) is 7.75. The lowest BCUT2D eigenvalue weighted by molar-refractivity contribution is -0.150. The van der Waals surface area contributed by atoms with Crippen LogP contribution in [0.4, 0.5) is 4.39 Å². The van der Waals surface area contributed by atoms with Crippen LogP contribution in [-0.2, 0) is 27.5 Å². The first-order chi connectivity index (χ1) is 20.6. The summed E-state index contributed by atoms with van der Waals surface area (Å²) in [6.07, 6.45) is 4.09. The van der Waals surface area contributed by atoms with Gasteiger partial charge in [-0.2, -0.15) is 0 Å². The lowest BCUT2D eigenvalue weighted by Crippen LogP contribution is -2.70. The molecule has 1 N–H and O–H groups in total. The van der Waals surface area contributed by atoms with Crippen LogP contribution < -0.4 is 5.32 Å². The molecule has 4 saturated heterocycles. The molecule has 6 aliphatic rings. The zero-order chi connectivity index (χ0) is 30.0. The van der Waals surface area contributed by atoms with Gasteiger partial charge in [0, 0.05) is 55.8 Å². The third-order valence-corrected chi connectivity index (χ3v) is 10.0. The Hall–Kier alpha value is -3.85. The Morgan fingerprint density at radius 1 is 1.02 bits per heavy atom. The molecule has 43 heavy (non-hydrogen) atoms. The van der Waals surface area contributed by atoms with E-state index in [-0.39, 0.29) is 47.5 Å². The van der Waals surface area contributed by atoms with Crippen molar-refractivity contribution in [2.24, 2.45) is 5.41 Å². The molecule has 3 atom stereocenters. The van der Waals surface area contributed by atoms with Crippen LogP contribution in [-0.4, -0.2) is 69.5 Å². The summed E-state index contributed by atoms with van der Waals surface area (Å²) in [6.45, 7) is 7.15. The lowest BCUT2D eigenvalue weighted by atomic mass is 9.71. The van der Waals surface area contributed by atoms with Crippen molar-refractivity contribution < 1.29 is 23.6 Å². The second kappa shape index (κ2) is 10.4. The summed E-state index contributed by atoms with van der Waals surface area (Å²) >= 11 is 0. The van der Waals surface area contributed by atoms with Crippen LogP contribution in [0.3, 0.4) is 0 Å². The summed E-state index contributed by atoms with van der Waals surface area (Å²) in [5.41, 5.74) is 5.61. The van der Waals surface area contributed by atoms with Crippen molar-refractivity contribution in [3.8, 4) is 0 Å². The van der Waals surface area contributed by atoms with Gasteiger partial charge in [0.2, 0.25) is 11.8 Å². The molecule has 0 radical (unpaired) electrons. The van der Waals surface area contributed by atoms with Gasteiger partial charge in [-0.05, 0) is 78.0 Å². The van der Waals surface area contributed by atoms with E-state index in [1.807, 2.05) is 12.1 Å². The Kier molecular flexibility index (Phi) is 6.76. The summed E-state index contributed by atoms with van der Waals surface area (Å²) in [6, 6.07) is 12.2. The summed E-state index contributed by atoms with van der Waals surface area (Å²) < 4.78 is 13.7. The Labute approximate surface area is 250 Å². The number of hydrogen-bond donors (Lipinski definition) is 1. The number of rotatable bonds is 5. The van der Waals surface area contributed by atoms with E-state index in [2.05, 4.69) is 35.0 Å². The SMILES string of the molecule is CC1(C)CCC(C(=O)N2C3CC2CN(Cc2ccc4c(c2)CN(C2CCC(=O)NC2=O)C4=O)C3)=C(c2ccc(F)cc2)C1. The van der Waals surface area contributed by atoms with Crippen molar-refractivity contribution in [2.45, 2.75) is 83.6 Å². The van der Waals surface area contributed by atoms with Crippen molar-refractivity contribution in [3.05, 3.63) is 76.1 Å². The number of hydrogen-bond acceptors (Lipinski definition) is 5. The second-order valence-corrected chi connectivity index (χ2v) is 13.6. The first-order valence-electron chi connectivity index (χ1n) is 15.4. The summed E-state index contributed by atoms with van der Waals surface area (Å²) in [5, 5.41) is 2.35. The van der Waals surface area contributed by atoms with E-state index in [1.54, 1.807) is 17.0 Å². The number of amides is 4. The van der Waals surface area contributed by atoms with Crippen LogP contribution in [0.15, 0.2) is 48.0 Å². The number of allylic oxidation sites excluding steroid dienone is 1. The highest BCUT2D eigenvalue weighted by molar-refractivity contribution is 6.05. The van der Waals surface area contributed by atoms with Gasteiger partial charge in [-0.1, -0.05) is 38.1 Å². The molecule has 2 aromatic rings. The Morgan fingerprint density at radius 3 is 2.49 bits per heavy atom. The number of carbonyl (C=O) groups excluding carboxylic acids is 4. The minimum atomic E-state index is -0.618. The van der Waals surface area contributed by atoms with Gasteiger partial charge in [-0.25, -0.2) is 4.39 Å². The standard InChI is InChI=1S/C34H37FN4O4/c1-34(2)12-11-27(28(15-34)21-4-6-23(35)7-5-21)33(43)39-24-14-25(39)19-37(18-24)16-20-3-8-26-22(13-20)17-38(32(26)42)29-9-10-30(40)36-31(29)41/h3-8,13,24-25,29H,9-12,14-19H2,1-2H3,(H,36,40,41). The molecule has 8 nitrogen and oxygen atoms in total. The van der Waals surface area contributed by atoms with Crippen LogP contribution in [0.1, 0.15) is 79.4 Å². The molecule has 2 bridgehead atoms. The molecule has 0 aromatic heterocycles. The first-order valence-corrected chi connectivity index (χ1v) is 15.4. The smallest absolute Gasteiger partial charge is 0.255 e. The molecule has 5 heterocycles. The van der Waals surface area contributed by atoms with Gasteiger partial charge in [0.1, 0.15) is 11.9 Å². The van der Waals surface area contributed by atoms with Gasteiger partial charge in [0.05, 0.1) is 0 Å². The number of piperidine rings is 2. The zero-order valence-corrected chi connectivity index (χ0v) is 24.7. The third kappa shape index (κ3) is 5.07. The van der Waals surface area contributed by atoms with Crippen molar-refractivity contribution in [1.29, 1.82) is 0 Å². The number of carbonyl (C=O) groups is 4. The highest BCUT2D eigenvalue weighted by atomic mass is 19.1. The minimum Gasteiger partial charge on any atom is -0.330 e. The molecule has 4 amide bonds. The fourth-order valence-corrected chi connectivity index (χ4v) is 7.75.